The van der Waals surface area contributed by atoms with Crippen molar-refractivity contribution in [1.29, 1.82) is 0 Å². The van der Waals surface area contributed by atoms with Gasteiger partial charge in [-0.2, -0.15) is 0 Å². The average Bonchev–Trinajstić information content (AvgIpc) is 3.54. The number of rotatable bonds is 7. The van der Waals surface area contributed by atoms with E-state index in [-0.39, 0.29) is 60.0 Å². The van der Waals surface area contributed by atoms with Gasteiger partial charge in [0.05, 0.1) is 71.2 Å². The van der Waals surface area contributed by atoms with Crippen LogP contribution in [0.3, 0.4) is 0 Å². The maximum Gasteiger partial charge on any atom is 0.0921 e. The van der Waals surface area contributed by atoms with Gasteiger partial charge >= 0.3 is 0 Å². The zero-order valence-electron chi connectivity index (χ0n) is 22.6. The molecule has 10 unspecified atom stereocenters. The highest BCUT2D eigenvalue weighted by Gasteiger charge is 2.55. The minimum Gasteiger partial charge on any atom is -0.388 e. The summed E-state index contributed by atoms with van der Waals surface area (Å²) in [6, 6.07) is 0. The van der Waals surface area contributed by atoms with Crippen molar-refractivity contribution in [3.8, 4) is 0 Å². The molecule has 0 aliphatic carbocycles. The van der Waals surface area contributed by atoms with Crippen LogP contribution in [-0.4, -0.2) is 81.4 Å². The Morgan fingerprint density at radius 3 is 1.86 bits per heavy atom. The summed E-state index contributed by atoms with van der Waals surface area (Å²) >= 11 is 0. The maximum atomic E-state index is 11.4. The molecule has 5 fully saturated rings. The minimum atomic E-state index is -0.916. The first-order valence-corrected chi connectivity index (χ1v) is 14.0. The summed E-state index contributed by atoms with van der Waals surface area (Å²) in [5.74, 6) is 0. The second-order valence-corrected chi connectivity index (χ2v) is 13.5. The molecule has 0 radical (unpaired) electrons. The Hall–Kier alpha value is -0.280. The molecule has 202 valence electrons. The number of ether oxygens (including phenoxy) is 5. The summed E-state index contributed by atoms with van der Waals surface area (Å²) < 4.78 is 31.9. The topological polar surface area (TPSA) is 86.6 Å². The first kappa shape index (κ1) is 26.3. The van der Waals surface area contributed by atoms with E-state index in [1.54, 1.807) is 0 Å². The van der Waals surface area contributed by atoms with Crippen molar-refractivity contribution < 1.29 is 33.9 Å². The van der Waals surface area contributed by atoms with E-state index in [4.69, 9.17) is 23.7 Å². The SMILES string of the molecule is CC(C)(O)C1CCC(C2CCC(C3CCC(C(C)(O)CCC4OC(C)(C)C5CCC4(C)O5)O3)O2)O1. The molecule has 2 N–H and O–H groups in total. The van der Waals surface area contributed by atoms with E-state index in [1.807, 2.05) is 20.8 Å². The normalized spacial score (nSPS) is 47.3. The van der Waals surface area contributed by atoms with Crippen molar-refractivity contribution in [1.82, 2.24) is 0 Å². The molecule has 0 amide bonds. The molecule has 0 aromatic heterocycles. The Labute approximate surface area is 211 Å². The van der Waals surface area contributed by atoms with Crippen LogP contribution in [0.4, 0.5) is 0 Å². The highest BCUT2D eigenvalue weighted by atomic mass is 16.6. The Kier molecular flexibility index (Phi) is 6.90. The highest BCUT2D eigenvalue weighted by molar-refractivity contribution is 5.04. The smallest absolute Gasteiger partial charge is 0.0921 e. The van der Waals surface area contributed by atoms with Crippen LogP contribution >= 0.6 is 0 Å². The van der Waals surface area contributed by atoms with E-state index in [2.05, 4.69) is 20.8 Å². The van der Waals surface area contributed by atoms with E-state index in [9.17, 15) is 10.2 Å². The summed E-state index contributed by atoms with van der Waals surface area (Å²) in [6.45, 7) is 11.9. The van der Waals surface area contributed by atoms with Gasteiger partial charge in [0, 0.05) is 0 Å². The van der Waals surface area contributed by atoms with Crippen LogP contribution in [0.5, 0.6) is 0 Å². The standard InChI is InChI=1S/C28H48O7/c1-25(2,29)21-11-9-19(32-21)17-7-8-18(31-17)20-10-12-23(33-20)27(5,30)15-13-24-28(6)16-14-22(35-28)26(3,4)34-24/h17-24,29-30H,7-16H2,1-6H3. The largest absolute Gasteiger partial charge is 0.388 e. The van der Waals surface area contributed by atoms with Gasteiger partial charge in [-0.05, 0) is 106 Å². The van der Waals surface area contributed by atoms with Gasteiger partial charge in [-0.15, -0.1) is 0 Å². The zero-order chi connectivity index (χ0) is 25.2. The minimum absolute atomic E-state index is 0.0158. The Balaban J connectivity index is 1.11. The van der Waals surface area contributed by atoms with Gasteiger partial charge in [0.1, 0.15) is 0 Å². The van der Waals surface area contributed by atoms with Crippen LogP contribution in [0.2, 0.25) is 0 Å². The fourth-order valence-electron chi connectivity index (χ4n) is 7.19. The van der Waals surface area contributed by atoms with Gasteiger partial charge < -0.3 is 33.9 Å². The third kappa shape index (κ3) is 5.21. The molecule has 5 aliphatic heterocycles. The lowest BCUT2D eigenvalue weighted by atomic mass is 9.85. The maximum absolute atomic E-state index is 11.4. The molecule has 0 aromatic rings. The molecule has 35 heavy (non-hydrogen) atoms. The molecule has 7 heteroatoms. The molecule has 5 heterocycles. The van der Waals surface area contributed by atoms with Crippen LogP contribution in [0, 0.1) is 0 Å². The van der Waals surface area contributed by atoms with Crippen molar-refractivity contribution in [2.75, 3.05) is 0 Å². The molecule has 7 nitrogen and oxygen atoms in total. The lowest BCUT2D eigenvalue weighted by Crippen LogP contribution is -2.56. The average molecular weight is 497 g/mol. The summed E-state index contributed by atoms with van der Waals surface area (Å²) in [5, 5.41) is 21.7. The summed E-state index contributed by atoms with van der Waals surface area (Å²) in [5.41, 5.74) is -2.27. The second kappa shape index (κ2) is 9.18. The van der Waals surface area contributed by atoms with Gasteiger partial charge in [0.2, 0.25) is 0 Å². The predicted molar refractivity (Wildman–Crippen MR) is 131 cm³/mol. The molecule has 5 saturated heterocycles. The van der Waals surface area contributed by atoms with E-state index < -0.39 is 11.2 Å². The summed E-state index contributed by atoms with van der Waals surface area (Å²) in [4.78, 5) is 0. The van der Waals surface area contributed by atoms with Gasteiger partial charge in [-0.25, -0.2) is 0 Å². The molecular formula is C28H48O7. The van der Waals surface area contributed by atoms with E-state index >= 15 is 0 Å². The van der Waals surface area contributed by atoms with Gasteiger partial charge in [-0.1, -0.05) is 0 Å². The van der Waals surface area contributed by atoms with Crippen LogP contribution in [0.1, 0.15) is 106 Å². The molecule has 0 spiro atoms. The molecule has 0 aromatic carbocycles. The molecular weight excluding hydrogens is 448 g/mol. The van der Waals surface area contributed by atoms with Crippen molar-refractivity contribution in [3.05, 3.63) is 0 Å². The fraction of sp³-hybridized carbons (Fsp3) is 1.00. The Morgan fingerprint density at radius 1 is 0.714 bits per heavy atom. The first-order chi connectivity index (χ1) is 16.3. The number of fused-ring (bicyclic) bond motifs is 2. The van der Waals surface area contributed by atoms with Crippen LogP contribution in [0.25, 0.3) is 0 Å². The first-order valence-electron chi connectivity index (χ1n) is 14.0. The van der Waals surface area contributed by atoms with Crippen LogP contribution in [0.15, 0.2) is 0 Å². The van der Waals surface area contributed by atoms with Gasteiger partial charge in [0.15, 0.2) is 0 Å². The van der Waals surface area contributed by atoms with Crippen molar-refractivity contribution in [3.63, 3.8) is 0 Å². The van der Waals surface area contributed by atoms with E-state index in [0.717, 1.165) is 57.8 Å². The second-order valence-electron chi connectivity index (χ2n) is 13.5. The van der Waals surface area contributed by atoms with E-state index in [1.165, 1.54) is 0 Å². The van der Waals surface area contributed by atoms with Crippen molar-refractivity contribution in [2.45, 2.75) is 177 Å². The Bertz CT molecular complexity index is 761. The summed E-state index contributed by atoms with van der Waals surface area (Å²) in [7, 11) is 0. The van der Waals surface area contributed by atoms with Gasteiger partial charge in [-0.3, -0.25) is 0 Å². The molecule has 5 aliphatic rings. The lowest BCUT2D eigenvalue weighted by molar-refractivity contribution is -0.269. The molecule has 5 rings (SSSR count). The predicted octanol–water partition coefficient (Wildman–Crippen LogP) is 4.05. The third-order valence-corrected chi connectivity index (χ3v) is 9.63. The van der Waals surface area contributed by atoms with Gasteiger partial charge in [0.25, 0.3) is 0 Å². The molecule has 10 atom stereocenters. The number of aliphatic hydroxyl groups is 2. The highest BCUT2D eigenvalue weighted by Crippen LogP contribution is 2.48. The van der Waals surface area contributed by atoms with Crippen LogP contribution < -0.4 is 0 Å². The fourth-order valence-corrected chi connectivity index (χ4v) is 7.19. The quantitative estimate of drug-likeness (QED) is 0.550. The number of hydrogen-bond donors (Lipinski definition) is 2. The van der Waals surface area contributed by atoms with Crippen molar-refractivity contribution in [2.24, 2.45) is 0 Å². The zero-order valence-corrected chi connectivity index (χ0v) is 22.6. The molecule has 2 bridgehead atoms. The third-order valence-electron chi connectivity index (χ3n) is 9.63. The molecule has 0 saturated carbocycles. The van der Waals surface area contributed by atoms with Crippen molar-refractivity contribution >= 4 is 0 Å². The Morgan fingerprint density at radius 2 is 1.26 bits per heavy atom. The van der Waals surface area contributed by atoms with Crippen LogP contribution in [-0.2, 0) is 23.7 Å². The monoisotopic (exact) mass is 496 g/mol. The number of hydrogen-bond acceptors (Lipinski definition) is 7. The van der Waals surface area contributed by atoms with E-state index in [0.29, 0.717) is 6.42 Å². The lowest BCUT2D eigenvalue weighted by Gasteiger charge is -2.47. The summed E-state index contributed by atoms with van der Waals surface area (Å²) in [6.07, 6.45) is 8.91.